The Hall–Kier alpha value is -1.04. The van der Waals surface area contributed by atoms with Crippen LogP contribution in [0.3, 0.4) is 0 Å². The van der Waals surface area contributed by atoms with Gasteiger partial charge in [-0.2, -0.15) is 0 Å². The van der Waals surface area contributed by atoms with E-state index in [4.69, 9.17) is 0 Å². The fourth-order valence-corrected chi connectivity index (χ4v) is 0.666. The first-order valence-electron chi connectivity index (χ1n) is 2.41. The van der Waals surface area contributed by atoms with Crippen LogP contribution in [0.2, 0.25) is 0 Å². The summed E-state index contributed by atoms with van der Waals surface area (Å²) >= 11 is 0. The monoisotopic (exact) mass is 104 g/mol. The smallest absolute Gasteiger partial charge is 0.0183 e. The van der Waals surface area contributed by atoms with E-state index >= 15 is 0 Å². The molecule has 0 saturated heterocycles. The summed E-state index contributed by atoms with van der Waals surface area (Å²) in [6.45, 7) is 14.9. The van der Waals surface area contributed by atoms with Gasteiger partial charge in [-0.05, 0) is 22.3 Å². The molecule has 0 bridgehead atoms. The van der Waals surface area contributed by atoms with Crippen molar-refractivity contribution < 1.29 is 0 Å². The molecule has 0 nitrogen and oxygen atoms in total. The maximum absolute atomic E-state index is 3.71. The number of rotatable bonds is 0. The van der Waals surface area contributed by atoms with Gasteiger partial charge in [-0.25, -0.2) is 0 Å². The third kappa shape index (κ3) is 0.348. The Morgan fingerprint density at radius 3 is 0.750 bits per heavy atom. The van der Waals surface area contributed by atoms with E-state index in [-0.39, 0.29) is 0 Å². The predicted molar refractivity (Wildman–Crippen MR) is 36.6 cm³/mol. The average molecular weight is 104 g/mol. The van der Waals surface area contributed by atoms with Gasteiger partial charge in [-0.15, -0.1) is 0 Å². The molecular formula is C8H8. The minimum absolute atomic E-state index is 0.954. The highest BCUT2D eigenvalue weighted by atomic mass is 14.2. The minimum atomic E-state index is 0.954. The summed E-state index contributed by atoms with van der Waals surface area (Å²) in [7, 11) is 0. The Labute approximate surface area is 49.5 Å². The van der Waals surface area contributed by atoms with Crippen molar-refractivity contribution in [3.8, 4) is 0 Å². The molecule has 0 aliphatic heterocycles. The van der Waals surface area contributed by atoms with Crippen LogP contribution in [0.4, 0.5) is 0 Å². The molecule has 40 valence electrons. The molecule has 0 aromatic heterocycles. The molecule has 0 spiro atoms. The van der Waals surface area contributed by atoms with E-state index < -0.39 is 0 Å². The average Bonchev–Trinajstić information content (AvgIpc) is 1.83. The van der Waals surface area contributed by atoms with Crippen LogP contribution in [-0.4, -0.2) is 0 Å². The zero-order valence-corrected chi connectivity index (χ0v) is 4.83. The quantitative estimate of drug-likeness (QED) is 0.442. The highest BCUT2D eigenvalue weighted by Gasteiger charge is 2.20. The fourth-order valence-electron chi connectivity index (χ4n) is 0.666. The van der Waals surface area contributed by atoms with Crippen LogP contribution in [0.5, 0.6) is 0 Å². The molecular weight excluding hydrogens is 96.1 g/mol. The van der Waals surface area contributed by atoms with Crippen molar-refractivity contribution in [2.45, 2.75) is 0 Å². The van der Waals surface area contributed by atoms with Crippen LogP contribution < -0.4 is 0 Å². The van der Waals surface area contributed by atoms with Gasteiger partial charge in [0.15, 0.2) is 0 Å². The zero-order chi connectivity index (χ0) is 6.31. The summed E-state index contributed by atoms with van der Waals surface area (Å²) in [6.07, 6.45) is 0. The summed E-state index contributed by atoms with van der Waals surface area (Å²) in [5.41, 5.74) is 3.81. The van der Waals surface area contributed by atoms with Gasteiger partial charge in [0.2, 0.25) is 0 Å². The molecule has 0 amide bonds. The van der Waals surface area contributed by atoms with Crippen molar-refractivity contribution in [3.05, 3.63) is 48.6 Å². The predicted octanol–water partition coefficient (Wildman–Crippen LogP) is 2.22. The molecule has 0 N–H and O–H groups in total. The van der Waals surface area contributed by atoms with Crippen molar-refractivity contribution in [3.63, 3.8) is 0 Å². The first kappa shape index (κ1) is 5.10. The largest absolute Gasteiger partial charge is 0.0906 e. The highest BCUT2D eigenvalue weighted by Crippen LogP contribution is 2.38. The molecule has 1 aliphatic rings. The molecule has 0 heteroatoms. The third-order valence-electron chi connectivity index (χ3n) is 1.46. The van der Waals surface area contributed by atoms with Crippen LogP contribution in [0.15, 0.2) is 48.6 Å². The highest BCUT2D eigenvalue weighted by molar-refractivity contribution is 5.74. The Bertz CT molecular complexity index is 140. The van der Waals surface area contributed by atoms with Crippen molar-refractivity contribution in [1.82, 2.24) is 0 Å². The van der Waals surface area contributed by atoms with Gasteiger partial charge >= 0.3 is 0 Å². The SMILES string of the molecule is C=C1C(=C)C(=C)C1=C. The first-order valence-corrected chi connectivity index (χ1v) is 2.41. The van der Waals surface area contributed by atoms with E-state index in [1.54, 1.807) is 0 Å². The lowest BCUT2D eigenvalue weighted by Gasteiger charge is -2.25. The Morgan fingerprint density at radius 1 is 0.500 bits per heavy atom. The van der Waals surface area contributed by atoms with Crippen molar-refractivity contribution in [2.24, 2.45) is 0 Å². The maximum atomic E-state index is 3.71. The van der Waals surface area contributed by atoms with Crippen LogP contribution in [0, 0.1) is 0 Å². The molecule has 0 aromatic rings. The standard InChI is InChI=1S/C8H8/c1-5-6(2)8(4)7(5)3/h1-4H2. The molecule has 0 atom stereocenters. The van der Waals surface area contributed by atoms with Gasteiger partial charge in [0, 0.05) is 0 Å². The van der Waals surface area contributed by atoms with Crippen LogP contribution in [0.25, 0.3) is 0 Å². The summed E-state index contributed by atoms with van der Waals surface area (Å²) in [4.78, 5) is 0. The van der Waals surface area contributed by atoms with Crippen LogP contribution in [0.1, 0.15) is 0 Å². The molecule has 0 unspecified atom stereocenters. The summed E-state index contributed by atoms with van der Waals surface area (Å²) in [5, 5.41) is 0. The van der Waals surface area contributed by atoms with E-state index in [0.29, 0.717) is 0 Å². The van der Waals surface area contributed by atoms with E-state index in [1.165, 1.54) is 0 Å². The fraction of sp³-hybridized carbons (Fsp3) is 0. The van der Waals surface area contributed by atoms with Gasteiger partial charge in [0.05, 0.1) is 0 Å². The van der Waals surface area contributed by atoms with Crippen molar-refractivity contribution >= 4 is 0 Å². The van der Waals surface area contributed by atoms with Crippen LogP contribution >= 0.6 is 0 Å². The van der Waals surface area contributed by atoms with Crippen molar-refractivity contribution in [1.29, 1.82) is 0 Å². The van der Waals surface area contributed by atoms with Gasteiger partial charge in [0.1, 0.15) is 0 Å². The second-order valence-electron chi connectivity index (χ2n) is 1.91. The molecule has 8 heavy (non-hydrogen) atoms. The second-order valence-corrected chi connectivity index (χ2v) is 1.91. The van der Waals surface area contributed by atoms with E-state index in [0.717, 1.165) is 22.3 Å². The molecule has 1 aliphatic carbocycles. The topological polar surface area (TPSA) is 0 Å². The normalized spacial score (nSPS) is 19.0. The van der Waals surface area contributed by atoms with E-state index in [9.17, 15) is 0 Å². The summed E-state index contributed by atoms with van der Waals surface area (Å²) < 4.78 is 0. The zero-order valence-electron chi connectivity index (χ0n) is 4.83. The summed E-state index contributed by atoms with van der Waals surface area (Å²) in [5.74, 6) is 0. The molecule has 1 rings (SSSR count). The minimum Gasteiger partial charge on any atom is -0.0906 e. The Kier molecular flexibility index (Phi) is 0.779. The number of hydrogen-bond acceptors (Lipinski definition) is 0. The Morgan fingerprint density at radius 2 is 0.625 bits per heavy atom. The first-order chi connectivity index (χ1) is 3.64. The molecule has 0 aromatic carbocycles. The number of allylic oxidation sites excluding steroid dienone is 4. The van der Waals surface area contributed by atoms with Crippen molar-refractivity contribution in [2.75, 3.05) is 0 Å². The van der Waals surface area contributed by atoms with Gasteiger partial charge < -0.3 is 0 Å². The van der Waals surface area contributed by atoms with Gasteiger partial charge in [0.25, 0.3) is 0 Å². The number of hydrogen-bond donors (Lipinski definition) is 0. The molecule has 1 fully saturated rings. The van der Waals surface area contributed by atoms with Crippen LogP contribution in [-0.2, 0) is 0 Å². The lowest BCUT2D eigenvalue weighted by Crippen LogP contribution is -2.07. The van der Waals surface area contributed by atoms with E-state index in [2.05, 4.69) is 26.3 Å². The molecule has 0 heterocycles. The van der Waals surface area contributed by atoms with Gasteiger partial charge in [-0.1, -0.05) is 26.3 Å². The second kappa shape index (κ2) is 1.22. The van der Waals surface area contributed by atoms with Gasteiger partial charge in [-0.3, -0.25) is 0 Å². The Balaban J connectivity index is 3.00. The summed E-state index contributed by atoms with van der Waals surface area (Å²) in [6, 6.07) is 0. The molecule has 1 saturated carbocycles. The molecule has 0 radical (unpaired) electrons. The van der Waals surface area contributed by atoms with E-state index in [1.807, 2.05) is 0 Å². The maximum Gasteiger partial charge on any atom is -0.0183 e. The third-order valence-corrected chi connectivity index (χ3v) is 1.46. The lowest BCUT2D eigenvalue weighted by molar-refractivity contribution is 1.29. The lowest BCUT2D eigenvalue weighted by atomic mass is 9.79.